The molecule has 2 aromatic rings. The molecule has 0 unspecified atom stereocenters. The van der Waals surface area contributed by atoms with Gasteiger partial charge in [0.15, 0.2) is 0 Å². The molecule has 0 saturated carbocycles. The molecular weight excluding hydrogens is 202 g/mol. The maximum Gasteiger partial charge on any atom is 0.108 e. The van der Waals surface area contributed by atoms with Gasteiger partial charge >= 0.3 is 0 Å². The highest BCUT2D eigenvalue weighted by molar-refractivity contribution is 5.59. The standard InChI is InChI=1S/C12H15N3O/c1-15-11(12(16)8-13)7-10(14-15)9-5-3-2-4-6-9/h2-7,12,16H,8,13H2,1H3/t12-/m1/s1. The Kier molecular flexibility index (Phi) is 3.03. The van der Waals surface area contributed by atoms with E-state index in [4.69, 9.17) is 5.73 Å². The zero-order valence-corrected chi connectivity index (χ0v) is 9.17. The fourth-order valence-corrected chi connectivity index (χ4v) is 1.66. The summed E-state index contributed by atoms with van der Waals surface area (Å²) in [6, 6.07) is 11.7. The van der Waals surface area contributed by atoms with E-state index >= 15 is 0 Å². The number of hydrogen-bond acceptors (Lipinski definition) is 3. The van der Waals surface area contributed by atoms with Gasteiger partial charge < -0.3 is 10.8 Å². The van der Waals surface area contributed by atoms with Crippen molar-refractivity contribution in [3.63, 3.8) is 0 Å². The molecule has 3 N–H and O–H groups in total. The molecule has 2 rings (SSSR count). The van der Waals surface area contributed by atoms with Crippen molar-refractivity contribution in [1.82, 2.24) is 9.78 Å². The van der Waals surface area contributed by atoms with Gasteiger partial charge in [0.2, 0.25) is 0 Å². The summed E-state index contributed by atoms with van der Waals surface area (Å²) in [5.41, 5.74) is 8.06. The third kappa shape index (κ3) is 1.98. The van der Waals surface area contributed by atoms with E-state index < -0.39 is 6.10 Å². The number of hydrogen-bond donors (Lipinski definition) is 2. The Morgan fingerprint density at radius 3 is 2.69 bits per heavy atom. The van der Waals surface area contributed by atoms with Crippen LogP contribution in [0, 0.1) is 0 Å². The summed E-state index contributed by atoms with van der Waals surface area (Å²) < 4.78 is 1.67. The van der Waals surface area contributed by atoms with E-state index in [-0.39, 0.29) is 6.54 Å². The predicted molar refractivity (Wildman–Crippen MR) is 62.7 cm³/mol. The van der Waals surface area contributed by atoms with Crippen LogP contribution >= 0.6 is 0 Å². The second-order valence-electron chi connectivity index (χ2n) is 3.70. The zero-order chi connectivity index (χ0) is 11.5. The van der Waals surface area contributed by atoms with Crippen LogP contribution in [-0.4, -0.2) is 21.4 Å². The van der Waals surface area contributed by atoms with Crippen molar-refractivity contribution < 1.29 is 5.11 Å². The van der Waals surface area contributed by atoms with Gasteiger partial charge in [0, 0.05) is 19.2 Å². The number of nitrogens with zero attached hydrogens (tertiary/aromatic N) is 2. The van der Waals surface area contributed by atoms with Crippen LogP contribution in [0.2, 0.25) is 0 Å². The van der Waals surface area contributed by atoms with Crippen molar-refractivity contribution in [1.29, 1.82) is 0 Å². The minimum atomic E-state index is -0.657. The molecule has 84 valence electrons. The van der Waals surface area contributed by atoms with Crippen LogP contribution in [0.3, 0.4) is 0 Å². The summed E-state index contributed by atoms with van der Waals surface area (Å²) >= 11 is 0. The first-order valence-electron chi connectivity index (χ1n) is 5.20. The van der Waals surface area contributed by atoms with Crippen molar-refractivity contribution >= 4 is 0 Å². The molecule has 4 heteroatoms. The summed E-state index contributed by atoms with van der Waals surface area (Å²) in [4.78, 5) is 0. The lowest BCUT2D eigenvalue weighted by atomic mass is 10.1. The molecule has 0 aliphatic rings. The number of aliphatic hydroxyl groups excluding tert-OH is 1. The van der Waals surface area contributed by atoms with Gasteiger partial charge in [-0.05, 0) is 6.07 Å². The number of rotatable bonds is 3. The number of benzene rings is 1. The Labute approximate surface area is 94.3 Å². The third-order valence-corrected chi connectivity index (χ3v) is 2.55. The number of aromatic nitrogens is 2. The second kappa shape index (κ2) is 4.47. The summed E-state index contributed by atoms with van der Waals surface area (Å²) in [5, 5.41) is 14.0. The van der Waals surface area contributed by atoms with Gasteiger partial charge in [0.1, 0.15) is 6.10 Å². The van der Waals surface area contributed by atoms with Gasteiger partial charge in [-0.3, -0.25) is 4.68 Å². The molecule has 0 fully saturated rings. The number of aliphatic hydroxyl groups is 1. The van der Waals surface area contributed by atoms with Crippen molar-refractivity contribution in [2.45, 2.75) is 6.10 Å². The highest BCUT2D eigenvalue weighted by Crippen LogP contribution is 2.21. The van der Waals surface area contributed by atoms with Crippen molar-refractivity contribution in [3.05, 3.63) is 42.1 Å². The first-order valence-corrected chi connectivity index (χ1v) is 5.20. The molecule has 0 saturated heterocycles. The van der Waals surface area contributed by atoms with Crippen LogP contribution in [0.15, 0.2) is 36.4 Å². The van der Waals surface area contributed by atoms with Gasteiger partial charge in [-0.15, -0.1) is 0 Å². The third-order valence-electron chi connectivity index (χ3n) is 2.55. The van der Waals surface area contributed by atoms with Crippen molar-refractivity contribution in [2.24, 2.45) is 12.8 Å². The number of nitrogens with two attached hydrogens (primary N) is 1. The molecule has 1 atom stereocenters. The molecule has 0 aliphatic heterocycles. The van der Waals surface area contributed by atoms with E-state index in [1.165, 1.54) is 0 Å². The van der Waals surface area contributed by atoms with Gasteiger partial charge in [-0.2, -0.15) is 5.10 Å². The van der Waals surface area contributed by atoms with Crippen molar-refractivity contribution in [2.75, 3.05) is 6.54 Å². The maximum absolute atomic E-state index is 9.68. The molecular formula is C12H15N3O. The quantitative estimate of drug-likeness (QED) is 0.808. The number of aryl methyl sites for hydroxylation is 1. The van der Waals surface area contributed by atoms with E-state index in [2.05, 4.69) is 5.10 Å². The second-order valence-corrected chi connectivity index (χ2v) is 3.70. The molecule has 0 aliphatic carbocycles. The minimum absolute atomic E-state index is 0.202. The van der Waals surface area contributed by atoms with Gasteiger partial charge in [-0.25, -0.2) is 0 Å². The van der Waals surface area contributed by atoms with Crippen molar-refractivity contribution in [3.8, 4) is 11.3 Å². The van der Waals surface area contributed by atoms with E-state index in [0.29, 0.717) is 0 Å². The highest BCUT2D eigenvalue weighted by Gasteiger charge is 2.13. The van der Waals surface area contributed by atoms with E-state index in [0.717, 1.165) is 17.0 Å². The first kappa shape index (κ1) is 10.9. The monoisotopic (exact) mass is 217 g/mol. The largest absolute Gasteiger partial charge is 0.385 e. The lowest BCUT2D eigenvalue weighted by Crippen LogP contribution is -2.14. The lowest BCUT2D eigenvalue weighted by molar-refractivity contribution is 0.177. The summed E-state index contributed by atoms with van der Waals surface area (Å²) in [6.45, 7) is 0.202. The molecule has 0 bridgehead atoms. The Morgan fingerprint density at radius 1 is 1.38 bits per heavy atom. The average Bonchev–Trinajstić information content (AvgIpc) is 2.71. The van der Waals surface area contributed by atoms with Gasteiger partial charge in [0.25, 0.3) is 0 Å². The lowest BCUT2D eigenvalue weighted by Gasteiger charge is -2.06. The fraction of sp³-hybridized carbons (Fsp3) is 0.250. The molecule has 4 nitrogen and oxygen atoms in total. The molecule has 1 heterocycles. The molecule has 1 aromatic heterocycles. The molecule has 0 amide bonds. The summed E-state index contributed by atoms with van der Waals surface area (Å²) in [6.07, 6.45) is -0.657. The van der Waals surface area contributed by atoms with Crippen LogP contribution in [0.25, 0.3) is 11.3 Å². The van der Waals surface area contributed by atoms with Crippen LogP contribution in [0.5, 0.6) is 0 Å². The molecule has 1 aromatic carbocycles. The predicted octanol–water partition coefficient (Wildman–Crippen LogP) is 1.08. The topological polar surface area (TPSA) is 64.1 Å². The molecule has 0 radical (unpaired) electrons. The molecule has 16 heavy (non-hydrogen) atoms. The van der Waals surface area contributed by atoms with Crippen LogP contribution in [0.1, 0.15) is 11.8 Å². The first-order chi connectivity index (χ1) is 7.72. The van der Waals surface area contributed by atoms with E-state index in [1.54, 1.807) is 11.7 Å². The zero-order valence-electron chi connectivity index (χ0n) is 9.17. The van der Waals surface area contributed by atoms with Crippen LogP contribution in [0.4, 0.5) is 0 Å². The Balaban J connectivity index is 2.38. The van der Waals surface area contributed by atoms with Crippen LogP contribution < -0.4 is 5.73 Å². The van der Waals surface area contributed by atoms with Gasteiger partial charge in [-0.1, -0.05) is 30.3 Å². The minimum Gasteiger partial charge on any atom is -0.385 e. The average molecular weight is 217 g/mol. The van der Waals surface area contributed by atoms with E-state index in [1.807, 2.05) is 36.4 Å². The Bertz CT molecular complexity index is 464. The molecule has 0 spiro atoms. The van der Waals surface area contributed by atoms with E-state index in [9.17, 15) is 5.11 Å². The van der Waals surface area contributed by atoms with Crippen LogP contribution in [-0.2, 0) is 7.05 Å². The Hall–Kier alpha value is -1.65. The maximum atomic E-state index is 9.68. The summed E-state index contributed by atoms with van der Waals surface area (Å²) in [7, 11) is 1.81. The smallest absolute Gasteiger partial charge is 0.108 e. The summed E-state index contributed by atoms with van der Waals surface area (Å²) in [5.74, 6) is 0. The van der Waals surface area contributed by atoms with Gasteiger partial charge in [0.05, 0.1) is 11.4 Å². The SMILES string of the molecule is Cn1nc(-c2ccccc2)cc1[C@H](O)CN. The highest BCUT2D eigenvalue weighted by atomic mass is 16.3. The Morgan fingerprint density at radius 2 is 2.06 bits per heavy atom. The fourth-order valence-electron chi connectivity index (χ4n) is 1.66. The normalized spacial score (nSPS) is 12.7.